The van der Waals surface area contributed by atoms with Gasteiger partial charge in [0.25, 0.3) is 0 Å². The Balaban J connectivity index is 1.10. The zero-order chi connectivity index (χ0) is 23.4. The van der Waals surface area contributed by atoms with Gasteiger partial charge in [-0.1, -0.05) is 13.8 Å². The van der Waals surface area contributed by atoms with Gasteiger partial charge in [0.05, 0.1) is 11.9 Å². The standard InChI is InChI=1S/C28H42N6/c1-18-9-21-10-19(2)12-28(11-18,13-21)17-34-15-22-5-6-24(23(22)16-34)30-26-8-7-25(31-32-26)27-20(3)14-29-33(27)4/h7-8,14,18-19,21-24H,5-6,9-13,15-17H2,1-4H3,(H,30,32). The number of aryl methyl sites for hydroxylation is 2. The van der Waals surface area contributed by atoms with Crippen LogP contribution in [0, 0.1) is 41.9 Å². The number of rotatable bonds is 5. The summed E-state index contributed by atoms with van der Waals surface area (Å²) in [5.74, 6) is 5.32. The SMILES string of the molecule is Cc1cnn(C)c1-c1ccc(NC2CCC3CN(CC45CC(C)CC(CC(C)C4)C5)CC32)nn1. The molecule has 1 N–H and O–H groups in total. The summed E-state index contributed by atoms with van der Waals surface area (Å²) >= 11 is 0. The van der Waals surface area contributed by atoms with Gasteiger partial charge < -0.3 is 10.2 Å². The lowest BCUT2D eigenvalue weighted by atomic mass is 9.56. The molecule has 1 saturated heterocycles. The number of hydrogen-bond acceptors (Lipinski definition) is 5. The Labute approximate surface area is 204 Å². The van der Waals surface area contributed by atoms with E-state index in [-0.39, 0.29) is 0 Å². The van der Waals surface area contributed by atoms with Gasteiger partial charge in [0.2, 0.25) is 0 Å². The number of nitrogens with zero attached hydrogens (tertiary/aromatic N) is 5. The number of likely N-dealkylation sites (tertiary alicyclic amines) is 1. The molecular weight excluding hydrogens is 420 g/mol. The maximum Gasteiger partial charge on any atom is 0.148 e. The van der Waals surface area contributed by atoms with Crippen LogP contribution in [0.25, 0.3) is 11.4 Å². The zero-order valence-electron chi connectivity index (χ0n) is 21.5. The first-order chi connectivity index (χ1) is 16.4. The lowest BCUT2D eigenvalue weighted by molar-refractivity contribution is -0.00651. The molecule has 0 spiro atoms. The average Bonchev–Trinajstić information content (AvgIpc) is 3.43. The van der Waals surface area contributed by atoms with Crippen molar-refractivity contribution in [3.05, 3.63) is 23.9 Å². The van der Waals surface area contributed by atoms with Crippen LogP contribution >= 0.6 is 0 Å². The molecule has 0 amide bonds. The first-order valence-corrected chi connectivity index (χ1v) is 13.7. The Bertz CT molecular complexity index is 973. The van der Waals surface area contributed by atoms with E-state index in [2.05, 4.69) is 58.4 Å². The Hall–Kier alpha value is -1.95. The molecule has 6 heteroatoms. The summed E-state index contributed by atoms with van der Waals surface area (Å²) in [6, 6.07) is 4.70. The molecule has 6 nitrogen and oxygen atoms in total. The molecule has 0 radical (unpaired) electrons. The van der Waals surface area contributed by atoms with Crippen molar-refractivity contribution in [2.75, 3.05) is 25.0 Å². The first kappa shape index (κ1) is 22.5. The van der Waals surface area contributed by atoms with Crippen LogP contribution in [-0.4, -0.2) is 50.6 Å². The summed E-state index contributed by atoms with van der Waals surface area (Å²) in [6.45, 7) is 11.0. The van der Waals surface area contributed by atoms with E-state index in [1.54, 1.807) is 0 Å². The van der Waals surface area contributed by atoms with Crippen LogP contribution in [-0.2, 0) is 7.05 Å². The van der Waals surface area contributed by atoms with Crippen molar-refractivity contribution >= 4 is 5.82 Å². The largest absolute Gasteiger partial charge is 0.366 e. The predicted molar refractivity (Wildman–Crippen MR) is 136 cm³/mol. The molecule has 5 unspecified atom stereocenters. The summed E-state index contributed by atoms with van der Waals surface area (Å²) in [5.41, 5.74) is 3.66. The fraction of sp³-hybridized carbons (Fsp3) is 0.750. The zero-order valence-corrected chi connectivity index (χ0v) is 21.5. The monoisotopic (exact) mass is 462 g/mol. The van der Waals surface area contributed by atoms with Crippen molar-refractivity contribution in [2.45, 2.75) is 71.8 Å². The van der Waals surface area contributed by atoms with E-state index >= 15 is 0 Å². The van der Waals surface area contributed by atoms with Gasteiger partial charge in [0, 0.05) is 32.7 Å². The Morgan fingerprint density at radius 3 is 2.50 bits per heavy atom. The van der Waals surface area contributed by atoms with E-state index in [0.717, 1.165) is 52.4 Å². The lowest BCUT2D eigenvalue weighted by Gasteiger charge is -2.51. The molecule has 2 bridgehead atoms. The molecule has 1 aliphatic heterocycles. The summed E-state index contributed by atoms with van der Waals surface area (Å²) in [7, 11) is 1.96. The molecular formula is C28H42N6. The van der Waals surface area contributed by atoms with Crippen LogP contribution in [0.5, 0.6) is 0 Å². The quantitative estimate of drug-likeness (QED) is 0.665. The predicted octanol–water partition coefficient (Wildman–Crippen LogP) is 5.16. The number of nitrogens with one attached hydrogen (secondary N) is 1. The van der Waals surface area contributed by atoms with Gasteiger partial charge in [-0.2, -0.15) is 5.10 Å². The first-order valence-electron chi connectivity index (χ1n) is 13.7. The topological polar surface area (TPSA) is 58.9 Å². The van der Waals surface area contributed by atoms with Crippen molar-refractivity contribution in [2.24, 2.45) is 42.1 Å². The van der Waals surface area contributed by atoms with Crippen LogP contribution in [0.4, 0.5) is 5.82 Å². The smallest absolute Gasteiger partial charge is 0.148 e. The van der Waals surface area contributed by atoms with E-state index in [4.69, 9.17) is 0 Å². The summed E-state index contributed by atoms with van der Waals surface area (Å²) in [5, 5.41) is 17.2. The van der Waals surface area contributed by atoms with Crippen LogP contribution in [0.3, 0.4) is 0 Å². The third-order valence-corrected chi connectivity index (χ3v) is 9.61. The molecule has 0 aromatic carbocycles. The molecule has 2 aromatic rings. The molecule has 3 aliphatic carbocycles. The molecule has 6 rings (SSSR count). The van der Waals surface area contributed by atoms with E-state index < -0.39 is 0 Å². The van der Waals surface area contributed by atoms with Gasteiger partial charge in [-0.25, -0.2) is 0 Å². The molecule has 4 fully saturated rings. The van der Waals surface area contributed by atoms with E-state index in [1.807, 2.05) is 17.9 Å². The van der Waals surface area contributed by atoms with Gasteiger partial charge in [-0.3, -0.25) is 4.68 Å². The maximum atomic E-state index is 4.55. The molecule has 4 aliphatic rings. The number of hydrogen-bond donors (Lipinski definition) is 1. The second kappa shape index (κ2) is 8.61. The van der Waals surface area contributed by atoms with Crippen molar-refractivity contribution < 1.29 is 0 Å². The van der Waals surface area contributed by atoms with Gasteiger partial charge in [0.15, 0.2) is 0 Å². The van der Waals surface area contributed by atoms with E-state index in [0.29, 0.717) is 11.5 Å². The highest BCUT2D eigenvalue weighted by molar-refractivity contribution is 5.59. The van der Waals surface area contributed by atoms with Crippen LogP contribution in [0.15, 0.2) is 18.3 Å². The molecule has 3 saturated carbocycles. The normalized spacial score (nSPS) is 37.6. The highest BCUT2D eigenvalue weighted by Gasteiger charge is 2.48. The number of anilines is 1. The van der Waals surface area contributed by atoms with Crippen LogP contribution < -0.4 is 5.32 Å². The molecule has 34 heavy (non-hydrogen) atoms. The van der Waals surface area contributed by atoms with E-state index in [9.17, 15) is 0 Å². The third-order valence-electron chi connectivity index (χ3n) is 9.61. The lowest BCUT2D eigenvalue weighted by Crippen LogP contribution is -2.46. The minimum absolute atomic E-state index is 0.523. The molecule has 2 aromatic heterocycles. The molecule has 5 atom stereocenters. The Morgan fingerprint density at radius 2 is 1.82 bits per heavy atom. The highest BCUT2D eigenvalue weighted by Crippen LogP contribution is 2.54. The second-order valence-electron chi connectivity index (χ2n) is 12.7. The van der Waals surface area contributed by atoms with Crippen LogP contribution in [0.2, 0.25) is 0 Å². The van der Waals surface area contributed by atoms with Gasteiger partial charge in [0.1, 0.15) is 11.5 Å². The number of fused-ring (bicyclic) bond motifs is 3. The third kappa shape index (κ3) is 4.16. The van der Waals surface area contributed by atoms with Gasteiger partial charge >= 0.3 is 0 Å². The summed E-state index contributed by atoms with van der Waals surface area (Å²) in [4.78, 5) is 2.86. The highest BCUT2D eigenvalue weighted by atomic mass is 15.3. The van der Waals surface area contributed by atoms with Crippen molar-refractivity contribution in [1.29, 1.82) is 0 Å². The average molecular weight is 463 g/mol. The van der Waals surface area contributed by atoms with E-state index in [1.165, 1.54) is 64.6 Å². The molecule has 3 heterocycles. The summed E-state index contributed by atoms with van der Waals surface area (Å²) < 4.78 is 1.88. The van der Waals surface area contributed by atoms with Gasteiger partial charge in [-0.05, 0) is 105 Å². The fourth-order valence-electron chi connectivity index (χ4n) is 8.88. The van der Waals surface area contributed by atoms with Crippen molar-refractivity contribution in [3.63, 3.8) is 0 Å². The second-order valence-corrected chi connectivity index (χ2v) is 12.7. The van der Waals surface area contributed by atoms with Crippen molar-refractivity contribution in [3.8, 4) is 11.4 Å². The number of aromatic nitrogens is 4. The molecule has 184 valence electrons. The fourth-order valence-corrected chi connectivity index (χ4v) is 8.88. The minimum Gasteiger partial charge on any atom is -0.366 e. The maximum absolute atomic E-state index is 4.55. The van der Waals surface area contributed by atoms with Crippen molar-refractivity contribution in [1.82, 2.24) is 24.9 Å². The minimum atomic E-state index is 0.523. The summed E-state index contributed by atoms with van der Waals surface area (Å²) in [6.07, 6.45) is 11.9. The van der Waals surface area contributed by atoms with Crippen LogP contribution in [0.1, 0.15) is 64.4 Å². The Kier molecular flexibility index (Phi) is 5.70. The van der Waals surface area contributed by atoms with Gasteiger partial charge in [-0.15, -0.1) is 10.2 Å². The Morgan fingerprint density at radius 1 is 1.03 bits per heavy atom.